The highest BCUT2D eigenvalue weighted by atomic mass is 16.5. The average molecular weight is 277 g/mol. The molecule has 2 aromatic rings. The fourth-order valence-electron chi connectivity index (χ4n) is 2.84. The maximum atomic E-state index is 5.41. The Morgan fingerprint density at radius 3 is 3.00 bits per heavy atom. The summed E-state index contributed by atoms with van der Waals surface area (Å²) in [5.74, 6) is 2.97. The minimum atomic E-state index is 0.228. The molecular weight excluding hydrogens is 258 g/mol. The normalized spacial score (nSPS) is 23.5. The van der Waals surface area contributed by atoms with Gasteiger partial charge in [0.2, 0.25) is 5.89 Å². The summed E-state index contributed by atoms with van der Waals surface area (Å²) in [6, 6.07) is 3.91. The first-order valence-electron chi connectivity index (χ1n) is 6.80. The molecule has 6 nitrogen and oxygen atoms in total. The van der Waals surface area contributed by atoms with Crippen LogP contribution in [0.2, 0.25) is 0 Å². The van der Waals surface area contributed by atoms with Gasteiger partial charge in [0.25, 0.3) is 0 Å². The van der Waals surface area contributed by atoms with Crippen molar-refractivity contribution in [2.75, 3.05) is 26.8 Å². The fraction of sp³-hybridized carbons (Fsp3) is 0.571. The number of aryl methyl sites for hydroxylation is 1. The predicted octanol–water partition coefficient (Wildman–Crippen LogP) is 1.83. The van der Waals surface area contributed by atoms with Crippen LogP contribution in [0.3, 0.4) is 0 Å². The Morgan fingerprint density at radius 1 is 1.45 bits per heavy atom. The maximum absolute atomic E-state index is 5.41. The highest BCUT2D eigenvalue weighted by Crippen LogP contribution is 2.32. The van der Waals surface area contributed by atoms with E-state index in [2.05, 4.69) is 15.0 Å². The number of methoxy groups -OCH3 is 1. The number of rotatable bonds is 5. The van der Waals surface area contributed by atoms with Crippen molar-refractivity contribution >= 4 is 0 Å². The molecule has 3 rings (SSSR count). The molecule has 0 radical (unpaired) electrons. The van der Waals surface area contributed by atoms with E-state index in [9.17, 15) is 0 Å². The van der Waals surface area contributed by atoms with E-state index in [0.29, 0.717) is 24.2 Å². The molecule has 1 fully saturated rings. The number of furan rings is 1. The van der Waals surface area contributed by atoms with Gasteiger partial charge in [-0.1, -0.05) is 5.16 Å². The molecule has 0 aromatic carbocycles. The van der Waals surface area contributed by atoms with Crippen LogP contribution >= 0.6 is 0 Å². The van der Waals surface area contributed by atoms with Gasteiger partial charge in [0.15, 0.2) is 5.82 Å². The van der Waals surface area contributed by atoms with Crippen molar-refractivity contribution in [3.63, 3.8) is 0 Å². The van der Waals surface area contributed by atoms with Crippen LogP contribution in [0.25, 0.3) is 0 Å². The Bertz CT molecular complexity index is 538. The molecule has 3 heterocycles. The Hall–Kier alpha value is -1.66. The summed E-state index contributed by atoms with van der Waals surface area (Å²) in [6.07, 6.45) is 1.71. The van der Waals surface area contributed by atoms with E-state index in [1.54, 1.807) is 13.4 Å². The number of hydrogen-bond acceptors (Lipinski definition) is 6. The van der Waals surface area contributed by atoms with E-state index in [4.69, 9.17) is 13.7 Å². The second-order valence-corrected chi connectivity index (χ2v) is 5.28. The van der Waals surface area contributed by atoms with Crippen LogP contribution in [-0.4, -0.2) is 41.8 Å². The van der Waals surface area contributed by atoms with Crippen LogP contribution in [0.4, 0.5) is 0 Å². The zero-order valence-corrected chi connectivity index (χ0v) is 11.8. The third kappa shape index (κ3) is 2.76. The smallest absolute Gasteiger partial charge is 0.231 e. The molecule has 0 amide bonds. The molecule has 108 valence electrons. The van der Waals surface area contributed by atoms with Gasteiger partial charge in [-0.25, -0.2) is 0 Å². The number of nitrogens with zero attached hydrogens (tertiary/aromatic N) is 3. The lowest BCUT2D eigenvalue weighted by Gasteiger charge is -2.13. The largest absolute Gasteiger partial charge is 0.468 e. The van der Waals surface area contributed by atoms with Gasteiger partial charge in [-0.05, 0) is 19.1 Å². The predicted molar refractivity (Wildman–Crippen MR) is 71.1 cm³/mol. The summed E-state index contributed by atoms with van der Waals surface area (Å²) in [5, 5.41) is 3.89. The van der Waals surface area contributed by atoms with Crippen molar-refractivity contribution in [3.05, 3.63) is 35.9 Å². The third-order valence-electron chi connectivity index (χ3n) is 3.72. The summed E-state index contributed by atoms with van der Waals surface area (Å²) >= 11 is 0. The summed E-state index contributed by atoms with van der Waals surface area (Å²) < 4.78 is 16.1. The van der Waals surface area contributed by atoms with Crippen LogP contribution in [0.5, 0.6) is 0 Å². The molecule has 6 heteroatoms. The lowest BCUT2D eigenvalue weighted by atomic mass is 9.97. The van der Waals surface area contributed by atoms with Gasteiger partial charge in [-0.15, -0.1) is 0 Å². The summed E-state index contributed by atoms with van der Waals surface area (Å²) in [4.78, 5) is 6.71. The van der Waals surface area contributed by atoms with Crippen LogP contribution < -0.4 is 0 Å². The number of aromatic nitrogens is 2. The van der Waals surface area contributed by atoms with Gasteiger partial charge in [-0.2, -0.15) is 4.98 Å². The molecule has 0 aliphatic carbocycles. The Morgan fingerprint density at radius 2 is 2.35 bits per heavy atom. The first kappa shape index (κ1) is 13.3. The molecule has 2 aromatic heterocycles. The van der Waals surface area contributed by atoms with Crippen molar-refractivity contribution < 1.29 is 13.7 Å². The molecule has 20 heavy (non-hydrogen) atoms. The molecule has 2 atom stereocenters. The second kappa shape index (κ2) is 5.76. The summed E-state index contributed by atoms with van der Waals surface area (Å²) in [6.45, 7) is 5.17. The molecule has 0 N–H and O–H groups in total. The Kier molecular flexibility index (Phi) is 3.84. The van der Waals surface area contributed by atoms with E-state index < -0.39 is 0 Å². The lowest BCUT2D eigenvalue weighted by molar-refractivity contribution is 0.142. The first-order chi connectivity index (χ1) is 9.76. The Labute approximate surface area is 117 Å². The minimum absolute atomic E-state index is 0.228. The van der Waals surface area contributed by atoms with E-state index in [1.807, 2.05) is 19.1 Å². The first-order valence-corrected chi connectivity index (χ1v) is 6.80. The highest BCUT2D eigenvalue weighted by Gasteiger charge is 2.37. The molecule has 1 aliphatic rings. The fourth-order valence-corrected chi connectivity index (χ4v) is 2.84. The monoisotopic (exact) mass is 277 g/mol. The molecular formula is C14H19N3O3. The molecule has 0 saturated carbocycles. The standard InChI is InChI=1S/C14H19N3O3/c1-10-15-14(20-16-10)13-8-17(6-11(13)9-18-2)7-12-4-3-5-19-12/h3-5,11,13H,6-9H2,1-2H3/t11-,13+/m0/s1. The topological polar surface area (TPSA) is 64.5 Å². The van der Waals surface area contributed by atoms with Crippen molar-refractivity contribution in [1.29, 1.82) is 0 Å². The molecule has 0 spiro atoms. The van der Waals surface area contributed by atoms with Gasteiger partial charge < -0.3 is 13.7 Å². The van der Waals surface area contributed by atoms with Crippen molar-refractivity contribution in [3.8, 4) is 0 Å². The van der Waals surface area contributed by atoms with Gasteiger partial charge in [0.1, 0.15) is 5.76 Å². The highest BCUT2D eigenvalue weighted by molar-refractivity contribution is 5.05. The zero-order valence-electron chi connectivity index (χ0n) is 11.8. The van der Waals surface area contributed by atoms with E-state index in [-0.39, 0.29) is 5.92 Å². The molecule has 0 bridgehead atoms. The van der Waals surface area contributed by atoms with Crippen LogP contribution in [0, 0.1) is 12.8 Å². The number of hydrogen-bond donors (Lipinski definition) is 0. The van der Waals surface area contributed by atoms with E-state index in [0.717, 1.165) is 25.4 Å². The van der Waals surface area contributed by atoms with Gasteiger partial charge in [-0.3, -0.25) is 4.90 Å². The molecule has 1 aliphatic heterocycles. The number of ether oxygens (including phenoxy) is 1. The van der Waals surface area contributed by atoms with Crippen molar-refractivity contribution in [1.82, 2.24) is 15.0 Å². The van der Waals surface area contributed by atoms with Crippen LogP contribution in [0.15, 0.2) is 27.3 Å². The summed E-state index contributed by atoms with van der Waals surface area (Å²) in [5.41, 5.74) is 0. The maximum Gasteiger partial charge on any atom is 0.231 e. The molecule has 1 saturated heterocycles. The molecule has 0 unspecified atom stereocenters. The summed E-state index contributed by atoms with van der Waals surface area (Å²) in [7, 11) is 1.73. The minimum Gasteiger partial charge on any atom is -0.468 e. The average Bonchev–Trinajstić information content (AvgIpc) is 3.12. The Balaban J connectivity index is 1.71. The van der Waals surface area contributed by atoms with Crippen LogP contribution in [-0.2, 0) is 11.3 Å². The van der Waals surface area contributed by atoms with Crippen molar-refractivity contribution in [2.24, 2.45) is 5.92 Å². The second-order valence-electron chi connectivity index (χ2n) is 5.28. The van der Waals surface area contributed by atoms with Gasteiger partial charge >= 0.3 is 0 Å². The van der Waals surface area contributed by atoms with Crippen molar-refractivity contribution in [2.45, 2.75) is 19.4 Å². The van der Waals surface area contributed by atoms with E-state index >= 15 is 0 Å². The van der Waals surface area contributed by atoms with Gasteiger partial charge in [0, 0.05) is 26.1 Å². The SMILES string of the molecule is COC[C@@H]1CN(Cc2ccco2)C[C@H]1c1nc(C)no1. The zero-order chi connectivity index (χ0) is 13.9. The third-order valence-corrected chi connectivity index (χ3v) is 3.72. The van der Waals surface area contributed by atoms with E-state index in [1.165, 1.54) is 0 Å². The van der Waals surface area contributed by atoms with Gasteiger partial charge in [0.05, 0.1) is 25.3 Å². The quantitative estimate of drug-likeness (QED) is 0.830. The number of likely N-dealkylation sites (tertiary alicyclic amines) is 1. The lowest BCUT2D eigenvalue weighted by Crippen LogP contribution is -2.20. The van der Waals surface area contributed by atoms with Crippen LogP contribution in [0.1, 0.15) is 23.4 Å².